The molecule has 110 valence electrons. The number of hydrogen-bond acceptors (Lipinski definition) is 3. The Bertz CT molecular complexity index is 644. The number of aryl methyl sites for hydroxylation is 1. The minimum absolute atomic E-state index is 0.135. The molecule has 0 fully saturated rings. The van der Waals surface area contributed by atoms with Crippen molar-refractivity contribution in [3.63, 3.8) is 0 Å². The van der Waals surface area contributed by atoms with Crippen LogP contribution in [0.5, 0.6) is 5.75 Å². The van der Waals surface area contributed by atoms with E-state index in [4.69, 9.17) is 22.1 Å². The summed E-state index contributed by atoms with van der Waals surface area (Å²) in [5.74, 6) is 0.456. The molecule has 0 aliphatic heterocycles. The number of halogens is 1. The van der Waals surface area contributed by atoms with Gasteiger partial charge < -0.3 is 15.8 Å². The van der Waals surface area contributed by atoms with Gasteiger partial charge in [-0.25, -0.2) is 0 Å². The molecule has 2 rings (SSSR count). The lowest BCUT2D eigenvalue weighted by atomic mass is 10.2. The Morgan fingerprint density at radius 2 is 2.10 bits per heavy atom. The quantitative estimate of drug-likeness (QED) is 0.829. The molecule has 0 spiro atoms. The summed E-state index contributed by atoms with van der Waals surface area (Å²) in [6.45, 7) is 2.22. The number of hydrogen-bond donors (Lipinski definition) is 2. The molecule has 0 bridgehead atoms. The average molecular weight is 305 g/mol. The predicted octanol–water partition coefficient (Wildman–Crippen LogP) is 3.64. The molecule has 5 heteroatoms. The third-order valence-electron chi connectivity index (χ3n) is 2.84. The summed E-state index contributed by atoms with van der Waals surface area (Å²) in [7, 11) is 0. The van der Waals surface area contributed by atoms with E-state index in [9.17, 15) is 4.79 Å². The summed E-state index contributed by atoms with van der Waals surface area (Å²) in [6, 6.07) is 12.6. The molecule has 2 aromatic rings. The second-order valence-electron chi connectivity index (χ2n) is 4.71. The maximum Gasteiger partial charge on any atom is 0.227 e. The highest BCUT2D eigenvalue weighted by Crippen LogP contribution is 2.25. The second-order valence-corrected chi connectivity index (χ2v) is 5.11. The predicted molar refractivity (Wildman–Crippen MR) is 85.8 cm³/mol. The van der Waals surface area contributed by atoms with Gasteiger partial charge in [-0.15, -0.1) is 0 Å². The number of amides is 1. The summed E-state index contributed by atoms with van der Waals surface area (Å²) < 4.78 is 5.53. The molecule has 2 aromatic carbocycles. The number of nitrogens with two attached hydrogens (primary N) is 1. The van der Waals surface area contributed by atoms with Crippen LogP contribution in [0.25, 0.3) is 0 Å². The Balaban J connectivity index is 1.83. The fourth-order valence-electron chi connectivity index (χ4n) is 1.81. The largest absolute Gasteiger partial charge is 0.491 e. The van der Waals surface area contributed by atoms with E-state index in [1.165, 1.54) is 0 Å². The summed E-state index contributed by atoms with van der Waals surface area (Å²) >= 11 is 6.02. The topological polar surface area (TPSA) is 64.3 Å². The average Bonchev–Trinajstić information content (AvgIpc) is 2.42. The van der Waals surface area contributed by atoms with Crippen molar-refractivity contribution < 1.29 is 9.53 Å². The second kappa shape index (κ2) is 6.99. The van der Waals surface area contributed by atoms with Crippen LogP contribution in [-0.4, -0.2) is 12.5 Å². The van der Waals surface area contributed by atoms with Crippen LogP contribution in [0.1, 0.15) is 12.0 Å². The Labute approximate surface area is 128 Å². The van der Waals surface area contributed by atoms with E-state index in [1.807, 2.05) is 19.1 Å². The first-order valence-electron chi connectivity index (χ1n) is 6.59. The summed E-state index contributed by atoms with van der Waals surface area (Å²) in [5.41, 5.74) is 7.99. The molecule has 0 heterocycles. The number of nitrogen functional groups attached to an aromatic ring is 1. The standard InChI is InChI=1S/C16H17ClN2O2/c1-11-5-6-14(17)15(9-11)21-8-7-16(20)19-13-4-2-3-12(18)10-13/h2-6,9-10H,7-8,18H2,1H3,(H,19,20). The van der Waals surface area contributed by atoms with Crippen molar-refractivity contribution in [2.75, 3.05) is 17.7 Å². The molecule has 1 amide bonds. The van der Waals surface area contributed by atoms with Crippen molar-refractivity contribution >= 4 is 28.9 Å². The van der Waals surface area contributed by atoms with Crippen LogP contribution in [0, 0.1) is 6.92 Å². The maximum absolute atomic E-state index is 11.8. The van der Waals surface area contributed by atoms with Crippen LogP contribution in [0.4, 0.5) is 11.4 Å². The number of carbonyl (C=O) groups excluding carboxylic acids is 1. The van der Waals surface area contributed by atoms with Gasteiger partial charge in [-0.1, -0.05) is 23.7 Å². The number of ether oxygens (including phenoxy) is 1. The van der Waals surface area contributed by atoms with E-state index in [2.05, 4.69) is 5.32 Å². The zero-order valence-corrected chi connectivity index (χ0v) is 12.5. The van der Waals surface area contributed by atoms with Gasteiger partial charge in [0.1, 0.15) is 5.75 Å². The number of carbonyl (C=O) groups is 1. The highest BCUT2D eigenvalue weighted by molar-refractivity contribution is 6.32. The van der Waals surface area contributed by atoms with Crippen LogP contribution in [0.3, 0.4) is 0 Å². The summed E-state index contributed by atoms with van der Waals surface area (Å²) in [4.78, 5) is 11.8. The Hall–Kier alpha value is -2.20. The summed E-state index contributed by atoms with van der Waals surface area (Å²) in [5, 5.41) is 3.30. The Kier molecular flexibility index (Phi) is 5.06. The Morgan fingerprint density at radius 3 is 2.86 bits per heavy atom. The van der Waals surface area contributed by atoms with E-state index in [1.54, 1.807) is 30.3 Å². The smallest absolute Gasteiger partial charge is 0.227 e. The molecular formula is C16H17ClN2O2. The van der Waals surface area contributed by atoms with Gasteiger partial charge in [0.2, 0.25) is 5.91 Å². The Morgan fingerprint density at radius 1 is 1.29 bits per heavy atom. The van der Waals surface area contributed by atoms with E-state index in [0.29, 0.717) is 22.1 Å². The third-order valence-corrected chi connectivity index (χ3v) is 3.16. The lowest BCUT2D eigenvalue weighted by molar-refractivity contribution is -0.116. The molecule has 0 atom stereocenters. The van der Waals surface area contributed by atoms with Crippen LogP contribution in [-0.2, 0) is 4.79 Å². The number of rotatable bonds is 5. The van der Waals surface area contributed by atoms with E-state index in [0.717, 1.165) is 5.56 Å². The first-order valence-corrected chi connectivity index (χ1v) is 6.97. The molecular weight excluding hydrogens is 288 g/mol. The number of anilines is 2. The maximum atomic E-state index is 11.8. The first kappa shape index (κ1) is 15.2. The third kappa shape index (κ3) is 4.68. The lowest BCUT2D eigenvalue weighted by Crippen LogP contribution is -2.15. The van der Waals surface area contributed by atoms with Gasteiger partial charge in [-0.3, -0.25) is 4.79 Å². The lowest BCUT2D eigenvalue weighted by Gasteiger charge is -2.09. The number of benzene rings is 2. The van der Waals surface area contributed by atoms with E-state index < -0.39 is 0 Å². The normalized spacial score (nSPS) is 10.2. The van der Waals surface area contributed by atoms with E-state index in [-0.39, 0.29) is 18.9 Å². The molecule has 4 nitrogen and oxygen atoms in total. The molecule has 3 N–H and O–H groups in total. The van der Waals surface area contributed by atoms with Crippen LogP contribution in [0.2, 0.25) is 5.02 Å². The first-order chi connectivity index (χ1) is 10.0. The SMILES string of the molecule is Cc1ccc(Cl)c(OCCC(=O)Nc2cccc(N)c2)c1. The zero-order chi connectivity index (χ0) is 15.2. The van der Waals surface area contributed by atoms with Crippen molar-refractivity contribution in [2.24, 2.45) is 0 Å². The molecule has 0 aliphatic rings. The van der Waals surface area contributed by atoms with Crippen molar-refractivity contribution in [1.82, 2.24) is 0 Å². The van der Waals surface area contributed by atoms with Gasteiger partial charge in [0.15, 0.2) is 0 Å². The summed E-state index contributed by atoms with van der Waals surface area (Å²) in [6.07, 6.45) is 0.235. The van der Waals surface area contributed by atoms with Gasteiger partial charge in [0.05, 0.1) is 18.1 Å². The number of nitrogens with one attached hydrogen (secondary N) is 1. The highest BCUT2D eigenvalue weighted by Gasteiger charge is 2.05. The van der Waals surface area contributed by atoms with Crippen LogP contribution < -0.4 is 15.8 Å². The van der Waals surface area contributed by atoms with Crippen LogP contribution >= 0.6 is 11.6 Å². The van der Waals surface area contributed by atoms with Crippen molar-refractivity contribution in [2.45, 2.75) is 13.3 Å². The fourth-order valence-corrected chi connectivity index (χ4v) is 1.99. The van der Waals surface area contributed by atoms with Gasteiger partial charge in [0, 0.05) is 11.4 Å². The van der Waals surface area contributed by atoms with Crippen LogP contribution in [0.15, 0.2) is 42.5 Å². The molecule has 21 heavy (non-hydrogen) atoms. The molecule has 0 saturated heterocycles. The zero-order valence-electron chi connectivity index (χ0n) is 11.7. The van der Waals surface area contributed by atoms with Crippen molar-refractivity contribution in [3.05, 3.63) is 53.1 Å². The highest BCUT2D eigenvalue weighted by atomic mass is 35.5. The molecule has 0 aliphatic carbocycles. The molecule has 0 aromatic heterocycles. The van der Waals surface area contributed by atoms with E-state index >= 15 is 0 Å². The van der Waals surface area contributed by atoms with Crippen molar-refractivity contribution in [1.29, 1.82) is 0 Å². The van der Waals surface area contributed by atoms with Gasteiger partial charge in [0.25, 0.3) is 0 Å². The van der Waals surface area contributed by atoms with Crippen molar-refractivity contribution in [3.8, 4) is 5.75 Å². The fraction of sp³-hybridized carbons (Fsp3) is 0.188. The monoisotopic (exact) mass is 304 g/mol. The van der Waals surface area contributed by atoms with Gasteiger partial charge >= 0.3 is 0 Å². The molecule has 0 unspecified atom stereocenters. The minimum atomic E-state index is -0.135. The minimum Gasteiger partial charge on any atom is -0.491 e. The molecule has 0 radical (unpaired) electrons. The molecule has 0 saturated carbocycles. The van der Waals surface area contributed by atoms with Gasteiger partial charge in [-0.2, -0.15) is 0 Å². The van der Waals surface area contributed by atoms with Gasteiger partial charge in [-0.05, 0) is 42.8 Å².